The smallest absolute Gasteiger partial charge is 0.166 e. The van der Waals surface area contributed by atoms with Gasteiger partial charge in [0.1, 0.15) is 5.82 Å². The topological polar surface area (TPSA) is 64.1 Å². The highest BCUT2D eigenvalue weighted by atomic mass is 79.9. The Balaban J connectivity index is 2.63. The van der Waals surface area contributed by atoms with E-state index in [1.54, 1.807) is 19.2 Å². The van der Waals surface area contributed by atoms with Gasteiger partial charge in [-0.25, -0.2) is 4.39 Å². The molecular formula is C10H9BrFN3O. The highest BCUT2D eigenvalue weighted by Crippen LogP contribution is 2.34. The van der Waals surface area contributed by atoms with E-state index < -0.39 is 11.6 Å². The first kappa shape index (κ1) is 10.9. The fourth-order valence-corrected chi connectivity index (χ4v) is 1.80. The largest absolute Gasteiger partial charge is 0.504 e. The summed E-state index contributed by atoms with van der Waals surface area (Å²) in [4.78, 5) is 0. The summed E-state index contributed by atoms with van der Waals surface area (Å²) < 4.78 is 15.3. The Kier molecular flexibility index (Phi) is 2.59. The van der Waals surface area contributed by atoms with E-state index in [1.807, 2.05) is 0 Å². The fraction of sp³-hybridized carbons (Fsp3) is 0.100. The standard InChI is InChI=1S/C10H9BrFN3O/c1-15-9(13)4-8(14-15)6-2-5(11)3-7(12)10(6)16/h2-4,16H,13H2,1H3. The van der Waals surface area contributed by atoms with Gasteiger partial charge in [-0.3, -0.25) is 4.68 Å². The summed E-state index contributed by atoms with van der Waals surface area (Å²) in [5, 5.41) is 13.7. The van der Waals surface area contributed by atoms with Crippen LogP contribution in [0, 0.1) is 5.82 Å². The number of nitrogens with two attached hydrogens (primary N) is 1. The molecule has 0 spiro atoms. The van der Waals surface area contributed by atoms with Crippen molar-refractivity contribution in [3.05, 3.63) is 28.5 Å². The van der Waals surface area contributed by atoms with Gasteiger partial charge in [-0.15, -0.1) is 0 Å². The van der Waals surface area contributed by atoms with Crippen LogP contribution in [0.2, 0.25) is 0 Å². The summed E-state index contributed by atoms with van der Waals surface area (Å²) in [5.74, 6) is -0.690. The molecule has 0 atom stereocenters. The van der Waals surface area contributed by atoms with E-state index in [4.69, 9.17) is 5.73 Å². The molecule has 2 aromatic rings. The Morgan fingerprint density at radius 1 is 1.44 bits per heavy atom. The van der Waals surface area contributed by atoms with Gasteiger partial charge in [0.15, 0.2) is 11.6 Å². The second-order valence-corrected chi connectivity index (χ2v) is 4.28. The van der Waals surface area contributed by atoms with Gasteiger partial charge in [0.2, 0.25) is 0 Å². The number of rotatable bonds is 1. The molecule has 2 rings (SSSR count). The number of aromatic nitrogens is 2. The number of phenols is 1. The zero-order chi connectivity index (χ0) is 11.9. The number of hydrogen-bond acceptors (Lipinski definition) is 3. The molecule has 0 radical (unpaired) electrons. The minimum atomic E-state index is -0.700. The van der Waals surface area contributed by atoms with Crippen LogP contribution in [0.15, 0.2) is 22.7 Å². The van der Waals surface area contributed by atoms with Crippen molar-refractivity contribution in [3.8, 4) is 17.0 Å². The monoisotopic (exact) mass is 285 g/mol. The van der Waals surface area contributed by atoms with E-state index >= 15 is 0 Å². The van der Waals surface area contributed by atoms with Crippen LogP contribution in [-0.2, 0) is 7.05 Å². The number of hydrogen-bond donors (Lipinski definition) is 2. The minimum absolute atomic E-state index is 0.305. The molecule has 0 aliphatic heterocycles. The molecular weight excluding hydrogens is 277 g/mol. The maximum atomic E-state index is 13.3. The Labute approximate surface area is 99.6 Å². The molecule has 0 aliphatic rings. The summed E-state index contributed by atoms with van der Waals surface area (Å²) in [6.45, 7) is 0. The van der Waals surface area contributed by atoms with Crippen molar-refractivity contribution < 1.29 is 9.50 Å². The SMILES string of the molecule is Cn1nc(-c2cc(Br)cc(F)c2O)cc1N. The average molecular weight is 286 g/mol. The van der Waals surface area contributed by atoms with E-state index in [0.717, 1.165) is 0 Å². The quantitative estimate of drug-likeness (QED) is 0.845. The zero-order valence-electron chi connectivity index (χ0n) is 8.41. The van der Waals surface area contributed by atoms with Gasteiger partial charge in [-0.05, 0) is 12.1 Å². The molecule has 16 heavy (non-hydrogen) atoms. The average Bonchev–Trinajstić information content (AvgIpc) is 2.53. The van der Waals surface area contributed by atoms with Crippen LogP contribution in [0.3, 0.4) is 0 Å². The number of benzene rings is 1. The van der Waals surface area contributed by atoms with Gasteiger partial charge in [0, 0.05) is 23.2 Å². The fourth-order valence-electron chi connectivity index (χ4n) is 1.37. The van der Waals surface area contributed by atoms with Crippen molar-refractivity contribution >= 4 is 21.7 Å². The number of halogens is 2. The molecule has 3 N–H and O–H groups in total. The molecule has 6 heteroatoms. The molecule has 1 heterocycles. The summed E-state index contributed by atoms with van der Waals surface area (Å²) in [5.41, 5.74) is 6.35. The molecule has 0 saturated carbocycles. The van der Waals surface area contributed by atoms with E-state index in [9.17, 15) is 9.50 Å². The molecule has 0 fully saturated rings. The Morgan fingerprint density at radius 2 is 2.12 bits per heavy atom. The van der Waals surface area contributed by atoms with Crippen LogP contribution >= 0.6 is 15.9 Å². The lowest BCUT2D eigenvalue weighted by Crippen LogP contribution is -1.96. The molecule has 1 aromatic carbocycles. The lowest BCUT2D eigenvalue weighted by molar-refractivity contribution is 0.434. The first-order valence-corrected chi connectivity index (χ1v) is 5.26. The maximum Gasteiger partial charge on any atom is 0.166 e. The number of anilines is 1. The number of phenolic OH excluding ortho intramolecular Hbond substituents is 1. The van der Waals surface area contributed by atoms with Gasteiger partial charge in [-0.1, -0.05) is 15.9 Å². The first-order valence-electron chi connectivity index (χ1n) is 4.47. The van der Waals surface area contributed by atoms with Gasteiger partial charge in [0.05, 0.1) is 5.69 Å². The molecule has 0 bridgehead atoms. The predicted octanol–water partition coefficient (Wildman–Crippen LogP) is 2.28. The van der Waals surface area contributed by atoms with Crippen molar-refractivity contribution in [2.45, 2.75) is 0 Å². The summed E-state index contributed by atoms with van der Waals surface area (Å²) >= 11 is 3.15. The second kappa shape index (κ2) is 3.79. The number of nitrogen functional groups attached to an aromatic ring is 1. The third kappa shape index (κ3) is 1.76. The van der Waals surface area contributed by atoms with Crippen LogP contribution < -0.4 is 5.73 Å². The Hall–Kier alpha value is -1.56. The van der Waals surface area contributed by atoms with Crippen molar-refractivity contribution in [1.29, 1.82) is 0 Å². The van der Waals surface area contributed by atoms with Crippen LogP contribution in [0.4, 0.5) is 10.2 Å². The molecule has 0 unspecified atom stereocenters. The lowest BCUT2D eigenvalue weighted by Gasteiger charge is -2.03. The molecule has 0 amide bonds. The zero-order valence-corrected chi connectivity index (χ0v) is 9.99. The Morgan fingerprint density at radius 3 is 2.69 bits per heavy atom. The third-order valence-electron chi connectivity index (χ3n) is 2.22. The van der Waals surface area contributed by atoms with Crippen molar-refractivity contribution in [2.75, 3.05) is 5.73 Å². The van der Waals surface area contributed by atoms with E-state index in [0.29, 0.717) is 21.5 Å². The van der Waals surface area contributed by atoms with Gasteiger partial charge in [-0.2, -0.15) is 5.10 Å². The predicted molar refractivity (Wildman–Crippen MR) is 62.4 cm³/mol. The van der Waals surface area contributed by atoms with Crippen molar-refractivity contribution in [2.24, 2.45) is 7.05 Å². The highest BCUT2D eigenvalue weighted by molar-refractivity contribution is 9.10. The summed E-state index contributed by atoms with van der Waals surface area (Å²) in [7, 11) is 1.67. The number of aromatic hydroxyl groups is 1. The van der Waals surface area contributed by atoms with Crippen molar-refractivity contribution in [3.63, 3.8) is 0 Å². The summed E-state index contributed by atoms with van der Waals surface area (Å²) in [6, 6.07) is 4.34. The number of nitrogens with zero attached hydrogens (tertiary/aromatic N) is 2. The number of aryl methyl sites for hydroxylation is 1. The van der Waals surface area contributed by atoms with Crippen LogP contribution in [0.5, 0.6) is 5.75 Å². The van der Waals surface area contributed by atoms with Crippen molar-refractivity contribution in [1.82, 2.24) is 9.78 Å². The van der Waals surface area contributed by atoms with Gasteiger partial charge < -0.3 is 10.8 Å². The second-order valence-electron chi connectivity index (χ2n) is 3.36. The van der Waals surface area contributed by atoms with Gasteiger partial charge >= 0.3 is 0 Å². The Bertz CT molecular complexity index is 534. The minimum Gasteiger partial charge on any atom is -0.504 e. The van der Waals surface area contributed by atoms with E-state index in [1.165, 1.54) is 10.7 Å². The van der Waals surface area contributed by atoms with Crippen LogP contribution in [0.25, 0.3) is 11.3 Å². The van der Waals surface area contributed by atoms with Crippen LogP contribution in [-0.4, -0.2) is 14.9 Å². The lowest BCUT2D eigenvalue weighted by atomic mass is 10.1. The molecule has 4 nitrogen and oxygen atoms in total. The normalized spacial score (nSPS) is 10.7. The van der Waals surface area contributed by atoms with Crippen LogP contribution in [0.1, 0.15) is 0 Å². The maximum absolute atomic E-state index is 13.3. The van der Waals surface area contributed by atoms with E-state index in [2.05, 4.69) is 21.0 Å². The first-order chi connectivity index (χ1) is 7.49. The highest BCUT2D eigenvalue weighted by Gasteiger charge is 2.14. The molecule has 84 valence electrons. The van der Waals surface area contributed by atoms with Gasteiger partial charge in [0.25, 0.3) is 0 Å². The molecule has 0 saturated heterocycles. The third-order valence-corrected chi connectivity index (χ3v) is 2.68. The molecule has 0 aliphatic carbocycles. The summed E-state index contributed by atoms with van der Waals surface area (Å²) in [6.07, 6.45) is 0. The van der Waals surface area contributed by atoms with E-state index in [-0.39, 0.29) is 0 Å². The molecule has 1 aromatic heterocycles.